The van der Waals surface area contributed by atoms with Crippen molar-refractivity contribution in [3.8, 4) is 0 Å². The Labute approximate surface area is 159 Å². The van der Waals surface area contributed by atoms with E-state index in [0.717, 1.165) is 21.3 Å². The van der Waals surface area contributed by atoms with E-state index in [2.05, 4.69) is 50.0 Å². The zero-order chi connectivity index (χ0) is 18.7. The monoisotopic (exact) mass is 364 g/mol. The van der Waals surface area contributed by atoms with Gasteiger partial charge in [0.25, 0.3) is 5.91 Å². The molecule has 1 saturated heterocycles. The molecule has 0 unspecified atom stereocenters. The van der Waals surface area contributed by atoms with Crippen LogP contribution >= 0.6 is 11.8 Å². The van der Waals surface area contributed by atoms with Crippen molar-refractivity contribution in [3.63, 3.8) is 0 Å². The van der Waals surface area contributed by atoms with E-state index in [9.17, 15) is 4.79 Å². The molecule has 0 spiro atoms. The Morgan fingerprint density at radius 2 is 1.73 bits per heavy atom. The minimum absolute atomic E-state index is 0.0243. The minimum atomic E-state index is 0.0243. The van der Waals surface area contributed by atoms with Crippen molar-refractivity contribution >= 4 is 34.6 Å². The van der Waals surface area contributed by atoms with Crippen molar-refractivity contribution < 1.29 is 4.79 Å². The number of hydrogen-bond donors (Lipinski definition) is 0. The zero-order valence-electron chi connectivity index (χ0n) is 15.7. The average Bonchev–Trinajstić information content (AvgIpc) is 2.92. The predicted molar refractivity (Wildman–Crippen MR) is 112 cm³/mol. The number of amidine groups is 1. The lowest BCUT2D eigenvalue weighted by Gasteiger charge is -2.12. The first-order chi connectivity index (χ1) is 12.5. The summed E-state index contributed by atoms with van der Waals surface area (Å²) in [5, 5.41) is 0.742. The van der Waals surface area contributed by atoms with Crippen LogP contribution in [0.5, 0.6) is 0 Å². The molecule has 26 heavy (non-hydrogen) atoms. The molecule has 134 valence electrons. The highest BCUT2D eigenvalue weighted by Crippen LogP contribution is 2.34. The summed E-state index contributed by atoms with van der Waals surface area (Å²) in [6.07, 6.45) is 1.96. The van der Waals surface area contributed by atoms with Crippen molar-refractivity contribution in [1.82, 2.24) is 4.90 Å². The van der Waals surface area contributed by atoms with Gasteiger partial charge in [0.2, 0.25) is 0 Å². The normalized spacial score (nSPS) is 17.7. The fourth-order valence-corrected chi connectivity index (χ4v) is 3.79. The molecule has 0 atom stereocenters. The number of amides is 1. The van der Waals surface area contributed by atoms with Crippen molar-refractivity contribution in [2.24, 2.45) is 4.99 Å². The summed E-state index contributed by atoms with van der Waals surface area (Å²) in [7, 11) is 0. The summed E-state index contributed by atoms with van der Waals surface area (Å²) in [6, 6.07) is 16.4. The van der Waals surface area contributed by atoms with E-state index in [1.807, 2.05) is 37.3 Å². The number of carbonyl (C=O) groups excluding carboxylic acids is 1. The van der Waals surface area contributed by atoms with Crippen molar-refractivity contribution in [2.45, 2.75) is 33.6 Å². The van der Waals surface area contributed by atoms with Gasteiger partial charge in [0.15, 0.2) is 5.17 Å². The fourth-order valence-electron chi connectivity index (χ4n) is 2.73. The van der Waals surface area contributed by atoms with E-state index >= 15 is 0 Å². The lowest BCUT2D eigenvalue weighted by molar-refractivity contribution is -0.122. The lowest BCUT2D eigenvalue weighted by Crippen LogP contribution is -2.28. The Hall–Kier alpha value is -2.33. The van der Waals surface area contributed by atoms with Crippen molar-refractivity contribution in [3.05, 3.63) is 70.1 Å². The van der Waals surface area contributed by atoms with Crippen LogP contribution in [0.4, 0.5) is 5.69 Å². The number of likely N-dealkylation sites (N-methyl/N-ethyl adjacent to an activating group) is 1. The van der Waals surface area contributed by atoms with Gasteiger partial charge >= 0.3 is 0 Å². The molecule has 2 aromatic carbocycles. The van der Waals surface area contributed by atoms with Crippen LogP contribution in [0.25, 0.3) is 6.08 Å². The third kappa shape index (κ3) is 4.07. The van der Waals surface area contributed by atoms with E-state index in [0.29, 0.717) is 12.5 Å². The van der Waals surface area contributed by atoms with Crippen LogP contribution in [-0.4, -0.2) is 22.5 Å². The van der Waals surface area contributed by atoms with Gasteiger partial charge in [0.1, 0.15) is 0 Å². The number of thioether (sulfide) groups is 1. The van der Waals surface area contributed by atoms with E-state index in [1.165, 1.54) is 22.9 Å². The van der Waals surface area contributed by atoms with Crippen LogP contribution in [0.3, 0.4) is 0 Å². The molecule has 1 heterocycles. The fraction of sp³-hybridized carbons (Fsp3) is 0.273. The van der Waals surface area contributed by atoms with Gasteiger partial charge in [-0.05, 0) is 60.9 Å². The van der Waals surface area contributed by atoms with Crippen LogP contribution in [-0.2, 0) is 4.79 Å². The number of nitrogens with zero attached hydrogens (tertiary/aromatic N) is 2. The molecule has 0 aliphatic carbocycles. The van der Waals surface area contributed by atoms with Crippen LogP contribution in [0.1, 0.15) is 43.4 Å². The number of carbonyl (C=O) groups is 1. The minimum Gasteiger partial charge on any atom is -0.287 e. The average molecular weight is 365 g/mol. The molecule has 0 radical (unpaired) electrons. The number of aryl methyl sites for hydroxylation is 1. The maximum Gasteiger partial charge on any atom is 0.266 e. The van der Waals surface area contributed by atoms with Crippen LogP contribution in [0, 0.1) is 6.92 Å². The molecule has 0 saturated carbocycles. The summed E-state index contributed by atoms with van der Waals surface area (Å²) in [5.41, 5.74) is 4.40. The molecular weight excluding hydrogens is 340 g/mol. The van der Waals surface area contributed by atoms with Gasteiger partial charge < -0.3 is 0 Å². The second kappa shape index (κ2) is 7.92. The highest BCUT2D eigenvalue weighted by atomic mass is 32.2. The topological polar surface area (TPSA) is 32.7 Å². The van der Waals surface area contributed by atoms with Gasteiger partial charge in [-0.15, -0.1) is 0 Å². The molecule has 1 amide bonds. The molecular formula is C22H24N2OS. The van der Waals surface area contributed by atoms with E-state index in [-0.39, 0.29) is 5.91 Å². The summed E-state index contributed by atoms with van der Waals surface area (Å²) >= 11 is 1.44. The number of benzene rings is 2. The molecule has 1 aliphatic rings. The quantitative estimate of drug-likeness (QED) is 0.648. The molecule has 0 bridgehead atoms. The first-order valence-corrected chi connectivity index (χ1v) is 9.76. The number of aliphatic imine (C=N–C) groups is 1. The van der Waals surface area contributed by atoms with Crippen molar-refractivity contribution in [1.29, 1.82) is 0 Å². The molecule has 0 N–H and O–H groups in total. The molecule has 0 aromatic heterocycles. The summed E-state index contributed by atoms with van der Waals surface area (Å²) < 4.78 is 0. The van der Waals surface area contributed by atoms with Gasteiger partial charge in [-0.1, -0.05) is 55.8 Å². The summed E-state index contributed by atoms with van der Waals surface area (Å²) in [5.74, 6) is 0.527. The number of hydrogen-bond acceptors (Lipinski definition) is 3. The van der Waals surface area contributed by atoms with Gasteiger partial charge in [-0.25, -0.2) is 4.99 Å². The molecule has 3 rings (SSSR count). The molecule has 1 aliphatic heterocycles. The molecule has 3 nitrogen and oxygen atoms in total. The lowest BCUT2D eigenvalue weighted by atomic mass is 10.0. The third-order valence-corrected chi connectivity index (χ3v) is 5.37. The van der Waals surface area contributed by atoms with E-state index in [4.69, 9.17) is 0 Å². The number of rotatable bonds is 4. The standard InChI is InChI=1S/C22H24N2OS/c1-5-24-21(25)20(14-17-8-10-18(11-9-17)15(2)3)26-22(24)23-19-12-6-16(4)7-13-19/h6-15H,5H2,1-4H3/b20-14+,23-22?. The van der Waals surface area contributed by atoms with E-state index < -0.39 is 0 Å². The highest BCUT2D eigenvalue weighted by molar-refractivity contribution is 8.18. The third-order valence-electron chi connectivity index (χ3n) is 4.36. The largest absolute Gasteiger partial charge is 0.287 e. The maximum absolute atomic E-state index is 12.7. The first-order valence-electron chi connectivity index (χ1n) is 8.94. The molecule has 2 aromatic rings. The highest BCUT2D eigenvalue weighted by Gasteiger charge is 2.32. The van der Waals surface area contributed by atoms with E-state index in [1.54, 1.807) is 4.90 Å². The first kappa shape index (κ1) is 18.5. The summed E-state index contributed by atoms with van der Waals surface area (Å²) in [6.45, 7) is 8.99. The van der Waals surface area contributed by atoms with Gasteiger partial charge in [-0.3, -0.25) is 9.69 Å². The van der Waals surface area contributed by atoms with Crippen molar-refractivity contribution in [2.75, 3.05) is 6.54 Å². The predicted octanol–water partition coefficient (Wildman–Crippen LogP) is 5.74. The van der Waals surface area contributed by atoms with Crippen LogP contribution in [0.15, 0.2) is 58.4 Å². The Morgan fingerprint density at radius 3 is 2.31 bits per heavy atom. The Kier molecular flexibility index (Phi) is 5.62. The van der Waals surface area contributed by atoms with Crippen LogP contribution < -0.4 is 0 Å². The van der Waals surface area contributed by atoms with Crippen LogP contribution in [0.2, 0.25) is 0 Å². The summed E-state index contributed by atoms with van der Waals surface area (Å²) in [4.78, 5) is 19.9. The molecule has 4 heteroatoms. The second-order valence-electron chi connectivity index (χ2n) is 6.71. The SMILES string of the molecule is CCN1C(=O)/C(=C\c2ccc(C(C)C)cc2)SC1=Nc1ccc(C)cc1. The zero-order valence-corrected chi connectivity index (χ0v) is 16.5. The Morgan fingerprint density at radius 1 is 1.08 bits per heavy atom. The van der Waals surface area contributed by atoms with Gasteiger partial charge in [0, 0.05) is 6.54 Å². The molecule has 1 fully saturated rings. The Bertz CT molecular complexity index is 849. The van der Waals surface area contributed by atoms with Gasteiger partial charge in [0.05, 0.1) is 10.6 Å². The second-order valence-corrected chi connectivity index (χ2v) is 7.72. The Balaban J connectivity index is 1.87. The smallest absolute Gasteiger partial charge is 0.266 e. The maximum atomic E-state index is 12.7. The van der Waals surface area contributed by atoms with Gasteiger partial charge in [-0.2, -0.15) is 0 Å².